The van der Waals surface area contributed by atoms with Gasteiger partial charge >= 0.3 is 6.18 Å². The monoisotopic (exact) mass is 259 g/mol. The Morgan fingerprint density at radius 3 is 2.50 bits per heavy atom. The number of rotatable bonds is 4. The molecule has 18 heavy (non-hydrogen) atoms. The molecule has 0 unspecified atom stereocenters. The van der Waals surface area contributed by atoms with Crippen molar-refractivity contribution in [1.29, 1.82) is 0 Å². The van der Waals surface area contributed by atoms with Crippen LogP contribution in [0.2, 0.25) is 0 Å². The Hall–Kier alpha value is -1.52. The zero-order valence-corrected chi connectivity index (χ0v) is 10.3. The average molecular weight is 259 g/mol. The summed E-state index contributed by atoms with van der Waals surface area (Å²) in [6, 6.07) is 7.28. The molecule has 0 saturated heterocycles. The quantitative estimate of drug-likeness (QED) is 0.884. The van der Waals surface area contributed by atoms with Gasteiger partial charge in [-0.3, -0.25) is 4.79 Å². The molecule has 1 N–H and O–H groups in total. The van der Waals surface area contributed by atoms with Crippen LogP contribution < -0.4 is 5.32 Å². The molecule has 1 atom stereocenters. The van der Waals surface area contributed by atoms with E-state index < -0.39 is 18.5 Å². The molecule has 100 valence electrons. The number of hydrogen-bond donors (Lipinski definition) is 1. The van der Waals surface area contributed by atoms with Gasteiger partial charge in [-0.25, -0.2) is 0 Å². The first kappa shape index (κ1) is 14.5. The van der Waals surface area contributed by atoms with Crippen LogP contribution >= 0.6 is 0 Å². The van der Waals surface area contributed by atoms with Gasteiger partial charge in [-0.1, -0.05) is 24.3 Å². The van der Waals surface area contributed by atoms with Crippen molar-refractivity contribution in [2.75, 3.05) is 0 Å². The number of hydrogen-bond acceptors (Lipinski definition) is 1. The van der Waals surface area contributed by atoms with Crippen molar-refractivity contribution >= 4 is 5.91 Å². The second kappa shape index (κ2) is 5.89. The summed E-state index contributed by atoms with van der Waals surface area (Å²) < 4.78 is 36.0. The fourth-order valence-corrected chi connectivity index (χ4v) is 1.73. The topological polar surface area (TPSA) is 29.1 Å². The summed E-state index contributed by atoms with van der Waals surface area (Å²) in [5.41, 5.74) is 2.09. The van der Waals surface area contributed by atoms with E-state index in [9.17, 15) is 18.0 Å². The smallest absolute Gasteiger partial charge is 0.353 e. The van der Waals surface area contributed by atoms with Gasteiger partial charge in [-0.05, 0) is 31.4 Å². The Bertz CT molecular complexity index is 415. The molecule has 1 aromatic carbocycles. The summed E-state index contributed by atoms with van der Waals surface area (Å²) in [5.74, 6) is -0.983. The van der Waals surface area contributed by atoms with Gasteiger partial charge < -0.3 is 5.32 Å². The minimum absolute atomic E-state index is 0.319. The molecule has 2 nitrogen and oxygen atoms in total. The van der Waals surface area contributed by atoms with Crippen molar-refractivity contribution in [3.05, 3.63) is 35.4 Å². The van der Waals surface area contributed by atoms with Crippen molar-refractivity contribution in [1.82, 2.24) is 5.32 Å². The maximum absolute atomic E-state index is 12.0. The Balaban J connectivity index is 2.50. The van der Waals surface area contributed by atoms with Crippen LogP contribution in [0.3, 0.4) is 0 Å². The lowest BCUT2D eigenvalue weighted by atomic mass is 10.0. The third-order valence-electron chi connectivity index (χ3n) is 2.56. The van der Waals surface area contributed by atoms with E-state index in [0.717, 1.165) is 11.1 Å². The molecular weight excluding hydrogens is 243 g/mol. The number of halogens is 3. The largest absolute Gasteiger partial charge is 0.397 e. The third-order valence-corrected chi connectivity index (χ3v) is 2.56. The highest BCUT2D eigenvalue weighted by Gasteiger charge is 2.31. The van der Waals surface area contributed by atoms with E-state index in [2.05, 4.69) is 5.32 Å². The number of benzene rings is 1. The van der Waals surface area contributed by atoms with Crippen molar-refractivity contribution < 1.29 is 18.0 Å². The zero-order chi connectivity index (χ0) is 13.8. The number of aryl methyl sites for hydroxylation is 1. The highest BCUT2D eigenvalue weighted by Crippen LogP contribution is 2.19. The molecule has 0 heterocycles. The van der Waals surface area contributed by atoms with E-state index in [-0.39, 0.29) is 6.04 Å². The molecular formula is C13H16F3NO. The van der Waals surface area contributed by atoms with Crippen molar-refractivity contribution in [2.45, 2.75) is 38.9 Å². The van der Waals surface area contributed by atoms with Gasteiger partial charge in [0, 0.05) is 6.04 Å². The molecule has 0 aliphatic rings. The van der Waals surface area contributed by atoms with Crippen LogP contribution in [-0.2, 0) is 11.2 Å². The fourth-order valence-electron chi connectivity index (χ4n) is 1.73. The maximum atomic E-state index is 12.0. The molecule has 0 aliphatic carbocycles. The van der Waals surface area contributed by atoms with Crippen molar-refractivity contribution in [3.63, 3.8) is 0 Å². The van der Waals surface area contributed by atoms with Gasteiger partial charge in [0.1, 0.15) is 6.42 Å². The van der Waals surface area contributed by atoms with Gasteiger partial charge in [-0.2, -0.15) is 13.2 Å². The Morgan fingerprint density at radius 1 is 1.33 bits per heavy atom. The second-order valence-electron chi connectivity index (χ2n) is 4.39. The van der Waals surface area contributed by atoms with Gasteiger partial charge in [0.25, 0.3) is 0 Å². The maximum Gasteiger partial charge on any atom is 0.397 e. The average Bonchev–Trinajstić information content (AvgIpc) is 2.18. The summed E-state index contributed by atoms with van der Waals surface area (Å²) in [6.07, 6.45) is -5.35. The molecule has 0 aromatic heterocycles. The molecule has 0 bridgehead atoms. The second-order valence-corrected chi connectivity index (χ2v) is 4.39. The van der Waals surface area contributed by atoms with Gasteiger partial charge in [-0.15, -0.1) is 0 Å². The van der Waals surface area contributed by atoms with Crippen molar-refractivity contribution in [2.24, 2.45) is 0 Å². The van der Waals surface area contributed by atoms with Crippen molar-refractivity contribution in [3.8, 4) is 0 Å². The highest BCUT2D eigenvalue weighted by molar-refractivity contribution is 5.76. The first-order chi connectivity index (χ1) is 8.28. The highest BCUT2D eigenvalue weighted by atomic mass is 19.4. The lowest BCUT2D eigenvalue weighted by Gasteiger charge is -2.16. The molecule has 1 rings (SSSR count). The van der Waals surface area contributed by atoms with Crippen LogP contribution in [0, 0.1) is 6.92 Å². The minimum atomic E-state index is -4.45. The number of alkyl halides is 3. The lowest BCUT2D eigenvalue weighted by molar-refractivity contribution is -0.154. The van der Waals surface area contributed by atoms with Crippen LogP contribution in [0.15, 0.2) is 24.3 Å². The molecule has 1 aromatic rings. The SMILES string of the molecule is Cc1ccccc1C[C@H](C)NC(=O)CC(F)(F)F. The van der Waals surface area contributed by atoms with E-state index >= 15 is 0 Å². The standard InChI is InChI=1S/C13H16F3NO/c1-9-5-3-4-6-11(9)7-10(2)17-12(18)8-13(14,15)16/h3-6,10H,7-8H2,1-2H3,(H,17,18)/t10-/m0/s1. The molecule has 5 heteroatoms. The third kappa shape index (κ3) is 5.21. The molecule has 0 aliphatic heterocycles. The molecule has 0 fully saturated rings. The van der Waals surface area contributed by atoms with Gasteiger partial charge in [0.15, 0.2) is 0 Å². The summed E-state index contributed by atoms with van der Waals surface area (Å²) >= 11 is 0. The summed E-state index contributed by atoms with van der Waals surface area (Å²) in [7, 11) is 0. The van der Waals surface area contributed by atoms with Crippen LogP contribution in [0.5, 0.6) is 0 Å². The zero-order valence-electron chi connectivity index (χ0n) is 10.3. The first-order valence-corrected chi connectivity index (χ1v) is 5.68. The first-order valence-electron chi connectivity index (χ1n) is 5.68. The number of carbonyl (C=O) groups is 1. The van der Waals surface area contributed by atoms with Gasteiger partial charge in [0.2, 0.25) is 5.91 Å². The summed E-state index contributed by atoms with van der Waals surface area (Å²) in [4.78, 5) is 11.1. The Morgan fingerprint density at radius 2 is 1.94 bits per heavy atom. The van der Waals surface area contributed by atoms with Crippen LogP contribution in [0.1, 0.15) is 24.5 Å². The van der Waals surface area contributed by atoms with Crippen LogP contribution in [-0.4, -0.2) is 18.1 Å². The molecule has 0 spiro atoms. The van der Waals surface area contributed by atoms with E-state index in [1.54, 1.807) is 6.92 Å². The number of nitrogens with one attached hydrogen (secondary N) is 1. The lowest BCUT2D eigenvalue weighted by Crippen LogP contribution is -2.36. The van der Waals surface area contributed by atoms with E-state index in [0.29, 0.717) is 6.42 Å². The van der Waals surface area contributed by atoms with E-state index in [1.165, 1.54) is 0 Å². The Kier molecular flexibility index (Phi) is 4.76. The van der Waals surface area contributed by atoms with Crippen LogP contribution in [0.4, 0.5) is 13.2 Å². The minimum Gasteiger partial charge on any atom is -0.353 e. The van der Waals surface area contributed by atoms with E-state index in [4.69, 9.17) is 0 Å². The van der Waals surface area contributed by atoms with E-state index in [1.807, 2.05) is 31.2 Å². The van der Waals surface area contributed by atoms with Gasteiger partial charge in [0.05, 0.1) is 0 Å². The summed E-state index contributed by atoms with van der Waals surface area (Å²) in [6.45, 7) is 3.63. The normalized spacial score (nSPS) is 13.2. The fraction of sp³-hybridized carbons (Fsp3) is 0.462. The number of carbonyl (C=O) groups excluding carboxylic acids is 1. The molecule has 0 saturated carbocycles. The molecule has 1 amide bonds. The summed E-state index contributed by atoms with van der Waals surface area (Å²) in [5, 5.41) is 2.35. The number of amides is 1. The Labute approximate surface area is 104 Å². The predicted molar refractivity (Wildman–Crippen MR) is 63.2 cm³/mol. The van der Waals surface area contributed by atoms with Crippen LogP contribution in [0.25, 0.3) is 0 Å². The predicted octanol–water partition coefficient (Wildman–Crippen LogP) is 2.99. The molecule has 0 radical (unpaired) electrons.